The first-order valence-electron chi connectivity index (χ1n) is 5.75. The van der Waals surface area contributed by atoms with E-state index in [-0.39, 0.29) is 15.6 Å². The maximum atomic E-state index is 12.5. The molecule has 0 amide bonds. The maximum absolute atomic E-state index is 12.5. The first-order valence-corrected chi connectivity index (χ1v) is 9.38. The summed E-state index contributed by atoms with van der Waals surface area (Å²) in [6.07, 6.45) is 2.57. The molecule has 1 aromatic heterocycles. The van der Waals surface area contributed by atoms with Crippen molar-refractivity contribution in [1.29, 1.82) is 0 Å². The van der Waals surface area contributed by atoms with Crippen molar-refractivity contribution < 1.29 is 22.7 Å². The average molecular weight is 386 g/mol. The Balaban J connectivity index is 3.19. The third-order valence-electron chi connectivity index (χ3n) is 2.87. The molecule has 6 nitrogen and oxygen atoms in total. The molecule has 0 saturated carbocycles. The van der Waals surface area contributed by atoms with Gasteiger partial charge in [-0.05, 0) is 28.6 Å². The van der Waals surface area contributed by atoms with Crippen LogP contribution in [0.25, 0.3) is 0 Å². The second kappa shape index (κ2) is 6.97. The maximum Gasteiger partial charge on any atom is 0.371 e. The van der Waals surface area contributed by atoms with Crippen molar-refractivity contribution in [3.05, 3.63) is 16.5 Å². The minimum atomic E-state index is -3.80. The van der Waals surface area contributed by atoms with E-state index in [1.54, 1.807) is 11.8 Å². The van der Waals surface area contributed by atoms with Crippen LogP contribution in [0.3, 0.4) is 0 Å². The minimum Gasteiger partial charge on any atom is -0.475 e. The Bertz CT molecular complexity index is 584. The van der Waals surface area contributed by atoms with Crippen molar-refractivity contribution in [2.24, 2.45) is 0 Å². The predicted octanol–water partition coefficient (Wildman–Crippen LogP) is 2.50. The van der Waals surface area contributed by atoms with E-state index in [0.717, 1.165) is 6.07 Å². The number of carboxylic acids is 1. The molecule has 0 fully saturated rings. The fraction of sp³-hybridized carbons (Fsp3) is 0.545. The zero-order valence-electron chi connectivity index (χ0n) is 11.3. The van der Waals surface area contributed by atoms with E-state index in [4.69, 9.17) is 9.52 Å². The van der Waals surface area contributed by atoms with Crippen LogP contribution in [0.5, 0.6) is 0 Å². The van der Waals surface area contributed by atoms with E-state index in [1.807, 2.05) is 13.2 Å². The lowest BCUT2D eigenvalue weighted by Gasteiger charge is -2.25. The SMILES string of the molecule is CCC(CSC)N(C)S(=O)(=O)c1cc(C(=O)O)oc1Br. The quantitative estimate of drug-likeness (QED) is 0.775. The Morgan fingerprint density at radius 1 is 1.60 bits per heavy atom. The molecule has 0 aliphatic carbocycles. The number of hydrogen-bond acceptors (Lipinski definition) is 5. The van der Waals surface area contributed by atoms with E-state index >= 15 is 0 Å². The predicted molar refractivity (Wildman–Crippen MR) is 80.8 cm³/mol. The average Bonchev–Trinajstić information content (AvgIpc) is 2.78. The van der Waals surface area contributed by atoms with Crippen LogP contribution in [0.4, 0.5) is 0 Å². The number of sulfonamides is 1. The van der Waals surface area contributed by atoms with Gasteiger partial charge in [-0.3, -0.25) is 0 Å². The Morgan fingerprint density at radius 2 is 2.20 bits per heavy atom. The summed E-state index contributed by atoms with van der Waals surface area (Å²) in [5.41, 5.74) is 0. The van der Waals surface area contributed by atoms with Gasteiger partial charge in [0.15, 0.2) is 4.67 Å². The van der Waals surface area contributed by atoms with Crippen molar-refractivity contribution in [2.75, 3.05) is 19.1 Å². The van der Waals surface area contributed by atoms with Gasteiger partial charge in [0.2, 0.25) is 15.8 Å². The van der Waals surface area contributed by atoms with Crippen LogP contribution in [-0.2, 0) is 10.0 Å². The van der Waals surface area contributed by atoms with Gasteiger partial charge in [0.1, 0.15) is 4.90 Å². The number of hydrogen-bond donors (Lipinski definition) is 1. The summed E-state index contributed by atoms with van der Waals surface area (Å²) in [4.78, 5) is 10.7. The number of furan rings is 1. The largest absolute Gasteiger partial charge is 0.475 e. The van der Waals surface area contributed by atoms with Gasteiger partial charge in [-0.1, -0.05) is 6.92 Å². The number of rotatable bonds is 7. The second-order valence-corrected chi connectivity index (χ2v) is 7.69. The summed E-state index contributed by atoms with van der Waals surface area (Å²) < 4.78 is 31.0. The second-order valence-electron chi connectivity index (χ2n) is 4.09. The molecule has 0 saturated heterocycles. The lowest BCUT2D eigenvalue weighted by atomic mass is 10.3. The van der Waals surface area contributed by atoms with Crippen LogP contribution in [0.2, 0.25) is 0 Å². The molecular formula is C11H16BrNO5S2. The van der Waals surface area contributed by atoms with Crippen molar-refractivity contribution in [2.45, 2.75) is 24.3 Å². The number of nitrogens with zero attached hydrogens (tertiary/aromatic N) is 1. The summed E-state index contributed by atoms with van der Waals surface area (Å²) in [5, 5.41) is 8.84. The van der Waals surface area contributed by atoms with Crippen molar-refractivity contribution in [3.63, 3.8) is 0 Å². The smallest absolute Gasteiger partial charge is 0.371 e. The molecule has 0 bridgehead atoms. The molecule has 0 aromatic carbocycles. The first-order chi connectivity index (χ1) is 9.25. The molecule has 1 rings (SSSR count). The van der Waals surface area contributed by atoms with Crippen LogP contribution in [0.15, 0.2) is 20.0 Å². The number of carboxylic acid groups (broad SMARTS) is 1. The molecule has 0 aliphatic rings. The monoisotopic (exact) mass is 385 g/mol. The third kappa shape index (κ3) is 3.57. The molecule has 0 spiro atoms. The fourth-order valence-corrected chi connectivity index (χ4v) is 4.92. The number of aromatic carboxylic acids is 1. The highest BCUT2D eigenvalue weighted by Crippen LogP contribution is 2.29. The van der Waals surface area contributed by atoms with Crippen molar-refractivity contribution in [3.8, 4) is 0 Å². The van der Waals surface area contributed by atoms with E-state index < -0.39 is 21.8 Å². The highest BCUT2D eigenvalue weighted by molar-refractivity contribution is 9.10. The molecule has 1 aromatic rings. The number of carbonyl (C=O) groups is 1. The van der Waals surface area contributed by atoms with Gasteiger partial charge in [0.25, 0.3) is 0 Å². The normalized spacial score (nSPS) is 13.7. The summed E-state index contributed by atoms with van der Waals surface area (Å²) in [6, 6.07) is 0.856. The number of halogens is 1. The van der Waals surface area contributed by atoms with Gasteiger partial charge >= 0.3 is 5.97 Å². The van der Waals surface area contributed by atoms with E-state index in [0.29, 0.717) is 12.2 Å². The van der Waals surface area contributed by atoms with Crippen LogP contribution in [0.1, 0.15) is 23.9 Å². The van der Waals surface area contributed by atoms with Gasteiger partial charge in [-0.15, -0.1) is 0 Å². The van der Waals surface area contributed by atoms with Crippen LogP contribution < -0.4 is 0 Å². The first kappa shape index (κ1) is 17.5. The van der Waals surface area contributed by atoms with E-state index in [9.17, 15) is 13.2 Å². The topological polar surface area (TPSA) is 87.8 Å². The highest BCUT2D eigenvalue weighted by atomic mass is 79.9. The molecule has 20 heavy (non-hydrogen) atoms. The van der Waals surface area contributed by atoms with Crippen LogP contribution in [-0.4, -0.2) is 48.9 Å². The van der Waals surface area contributed by atoms with Gasteiger partial charge in [0, 0.05) is 24.9 Å². The Morgan fingerprint density at radius 3 is 2.60 bits per heavy atom. The van der Waals surface area contributed by atoms with Crippen LogP contribution in [0, 0.1) is 0 Å². The molecule has 1 heterocycles. The summed E-state index contributed by atoms with van der Waals surface area (Å²) in [7, 11) is -2.31. The van der Waals surface area contributed by atoms with E-state index in [2.05, 4.69) is 15.9 Å². The van der Waals surface area contributed by atoms with Gasteiger partial charge < -0.3 is 9.52 Å². The summed E-state index contributed by atoms with van der Waals surface area (Å²) >= 11 is 4.51. The standard InChI is InChI=1S/C11H16BrNO5S2/c1-4-7(6-19-3)13(2)20(16,17)9-5-8(11(14)15)18-10(9)12/h5,7H,4,6H2,1-3H3,(H,14,15). The lowest BCUT2D eigenvalue weighted by molar-refractivity contribution is 0.0661. The Labute approximate surface area is 130 Å². The van der Waals surface area contributed by atoms with Gasteiger partial charge in [-0.25, -0.2) is 13.2 Å². The molecule has 1 N–H and O–H groups in total. The Hall–Kier alpha value is -0.510. The fourth-order valence-electron chi connectivity index (χ4n) is 1.66. The molecule has 114 valence electrons. The molecule has 1 unspecified atom stereocenters. The zero-order chi connectivity index (χ0) is 15.5. The molecule has 9 heteroatoms. The Kier molecular flexibility index (Phi) is 6.11. The molecule has 0 aliphatic heterocycles. The van der Waals surface area contributed by atoms with Gasteiger partial charge in [0.05, 0.1) is 0 Å². The van der Waals surface area contributed by atoms with Gasteiger partial charge in [-0.2, -0.15) is 16.1 Å². The minimum absolute atomic E-state index is 0.0965. The highest BCUT2D eigenvalue weighted by Gasteiger charge is 2.32. The summed E-state index contributed by atoms with van der Waals surface area (Å²) in [6.45, 7) is 1.90. The third-order valence-corrected chi connectivity index (χ3v) is 6.35. The zero-order valence-corrected chi connectivity index (χ0v) is 14.5. The van der Waals surface area contributed by atoms with Crippen molar-refractivity contribution in [1.82, 2.24) is 4.31 Å². The van der Waals surface area contributed by atoms with Crippen molar-refractivity contribution >= 4 is 43.7 Å². The lowest BCUT2D eigenvalue weighted by Crippen LogP contribution is -2.38. The van der Waals surface area contributed by atoms with E-state index in [1.165, 1.54) is 11.4 Å². The molecular weight excluding hydrogens is 370 g/mol. The van der Waals surface area contributed by atoms with Crippen LogP contribution >= 0.6 is 27.7 Å². The number of thioether (sulfide) groups is 1. The molecule has 0 radical (unpaired) electrons. The summed E-state index contributed by atoms with van der Waals surface area (Å²) in [5.74, 6) is -1.07. The molecule has 1 atom stereocenters.